The van der Waals surface area contributed by atoms with E-state index in [1.165, 1.54) is 0 Å². The molecule has 1 amide bonds. The average Bonchev–Trinajstić information content (AvgIpc) is 3.13. The largest absolute Gasteiger partial charge is 0.333 e. The highest BCUT2D eigenvalue weighted by Crippen LogP contribution is 2.19. The summed E-state index contributed by atoms with van der Waals surface area (Å²) < 4.78 is 0. The van der Waals surface area contributed by atoms with Crippen molar-refractivity contribution in [2.75, 3.05) is 19.6 Å². The first-order valence-corrected chi connectivity index (χ1v) is 7.26. The van der Waals surface area contributed by atoms with Gasteiger partial charge in [0.2, 0.25) is 0 Å². The van der Waals surface area contributed by atoms with Crippen LogP contribution in [0.25, 0.3) is 10.9 Å². The summed E-state index contributed by atoms with van der Waals surface area (Å²) in [5.74, 6) is 0.0398. The third kappa shape index (κ3) is 2.29. The van der Waals surface area contributed by atoms with Gasteiger partial charge in [-0.15, -0.1) is 0 Å². The van der Waals surface area contributed by atoms with Gasteiger partial charge in [-0.05, 0) is 25.5 Å². The van der Waals surface area contributed by atoms with Crippen LogP contribution in [0.1, 0.15) is 30.3 Å². The van der Waals surface area contributed by atoms with Gasteiger partial charge in [0.1, 0.15) is 0 Å². The van der Waals surface area contributed by atoms with Crippen LogP contribution in [0, 0.1) is 0 Å². The summed E-state index contributed by atoms with van der Waals surface area (Å²) in [7, 11) is 0. The van der Waals surface area contributed by atoms with Crippen LogP contribution in [0.15, 0.2) is 24.3 Å². The average molecular weight is 272 g/mol. The fourth-order valence-electron chi connectivity index (χ4n) is 2.86. The number of H-pyrrole nitrogens is 1. The summed E-state index contributed by atoms with van der Waals surface area (Å²) in [4.78, 5) is 14.8. The lowest BCUT2D eigenvalue weighted by atomic mass is 10.1. The summed E-state index contributed by atoms with van der Waals surface area (Å²) in [6.07, 6.45) is 1.98. The molecule has 1 saturated heterocycles. The van der Waals surface area contributed by atoms with Crippen LogP contribution in [-0.2, 0) is 0 Å². The molecular weight excluding hydrogens is 252 g/mol. The number of carbonyl (C=O) groups excluding carboxylic acids is 1. The smallest absolute Gasteiger partial charge is 0.275 e. The van der Waals surface area contributed by atoms with E-state index in [9.17, 15) is 4.79 Å². The molecule has 5 nitrogen and oxygen atoms in total. The highest BCUT2D eigenvalue weighted by Gasteiger charge is 2.28. The number of hydrogen-bond acceptors (Lipinski definition) is 3. The van der Waals surface area contributed by atoms with Crippen LogP contribution < -0.4 is 5.32 Å². The Balaban J connectivity index is 1.92. The lowest BCUT2D eigenvalue weighted by Gasteiger charge is -2.27. The molecule has 3 rings (SSSR count). The van der Waals surface area contributed by atoms with E-state index in [-0.39, 0.29) is 11.9 Å². The van der Waals surface area contributed by atoms with E-state index >= 15 is 0 Å². The zero-order chi connectivity index (χ0) is 13.9. The van der Waals surface area contributed by atoms with E-state index in [0.29, 0.717) is 5.69 Å². The van der Waals surface area contributed by atoms with Crippen molar-refractivity contribution in [1.29, 1.82) is 0 Å². The number of nitrogens with one attached hydrogen (secondary N) is 2. The topological polar surface area (TPSA) is 61.0 Å². The maximum atomic E-state index is 12.8. The zero-order valence-electron chi connectivity index (χ0n) is 11.7. The lowest BCUT2D eigenvalue weighted by molar-refractivity contribution is 0.0688. The molecule has 106 valence electrons. The molecule has 1 aliphatic heterocycles. The number of carbonyl (C=O) groups is 1. The molecule has 0 spiro atoms. The van der Waals surface area contributed by atoms with Gasteiger partial charge in [-0.25, -0.2) is 0 Å². The van der Waals surface area contributed by atoms with Crippen molar-refractivity contribution in [3.8, 4) is 0 Å². The Morgan fingerprint density at radius 2 is 2.30 bits per heavy atom. The van der Waals surface area contributed by atoms with Crippen molar-refractivity contribution in [2.45, 2.75) is 25.8 Å². The molecule has 2 heterocycles. The predicted octanol–water partition coefficient (Wildman–Crippen LogP) is 1.78. The van der Waals surface area contributed by atoms with Gasteiger partial charge in [-0.2, -0.15) is 5.10 Å². The minimum atomic E-state index is 0.0398. The van der Waals surface area contributed by atoms with Gasteiger partial charge in [-0.3, -0.25) is 9.89 Å². The van der Waals surface area contributed by atoms with Gasteiger partial charge in [0.05, 0.1) is 5.52 Å². The van der Waals surface area contributed by atoms with Crippen LogP contribution >= 0.6 is 0 Å². The quantitative estimate of drug-likeness (QED) is 0.892. The third-order valence-electron chi connectivity index (χ3n) is 3.87. The molecule has 2 aromatic rings. The number of benzene rings is 1. The Hall–Kier alpha value is -1.88. The molecule has 1 unspecified atom stereocenters. The van der Waals surface area contributed by atoms with Gasteiger partial charge in [0.15, 0.2) is 5.69 Å². The highest BCUT2D eigenvalue weighted by atomic mass is 16.2. The lowest BCUT2D eigenvalue weighted by Crippen LogP contribution is -2.42. The second kappa shape index (κ2) is 5.63. The first-order chi connectivity index (χ1) is 9.81. The summed E-state index contributed by atoms with van der Waals surface area (Å²) in [6, 6.07) is 8.07. The number of para-hydroxylation sites is 1. The van der Waals surface area contributed by atoms with Crippen LogP contribution in [0.2, 0.25) is 0 Å². The number of amides is 1. The Bertz CT molecular complexity index is 601. The molecule has 2 N–H and O–H groups in total. The SMILES string of the molecule is CCCN(C(=O)c1n[nH]c2ccccc12)C1CCNC1. The van der Waals surface area contributed by atoms with Crippen molar-refractivity contribution < 1.29 is 4.79 Å². The van der Waals surface area contributed by atoms with Crippen molar-refractivity contribution in [1.82, 2.24) is 20.4 Å². The number of rotatable bonds is 4. The Morgan fingerprint density at radius 1 is 1.45 bits per heavy atom. The molecule has 1 aliphatic rings. The standard InChI is InChI=1S/C15H20N4O/c1-2-9-19(11-7-8-16-10-11)15(20)14-12-5-3-4-6-13(12)17-18-14/h3-6,11,16H,2,7-10H2,1H3,(H,17,18). The number of fused-ring (bicyclic) bond motifs is 1. The monoisotopic (exact) mass is 272 g/mol. The van der Waals surface area contributed by atoms with Crippen LogP contribution in [-0.4, -0.2) is 46.7 Å². The molecule has 0 radical (unpaired) electrons. The van der Waals surface area contributed by atoms with E-state index in [2.05, 4.69) is 22.4 Å². The molecular formula is C15H20N4O. The van der Waals surface area contributed by atoms with Crippen LogP contribution in [0.3, 0.4) is 0 Å². The summed E-state index contributed by atoms with van der Waals surface area (Å²) in [6.45, 7) is 4.76. The molecule has 0 bridgehead atoms. The van der Waals surface area contributed by atoms with Crippen LogP contribution in [0.4, 0.5) is 0 Å². The van der Waals surface area contributed by atoms with Gasteiger partial charge in [0.25, 0.3) is 5.91 Å². The van der Waals surface area contributed by atoms with Gasteiger partial charge in [-0.1, -0.05) is 25.1 Å². The minimum absolute atomic E-state index is 0.0398. The zero-order valence-corrected chi connectivity index (χ0v) is 11.7. The molecule has 1 fully saturated rings. The van der Waals surface area contributed by atoms with Crippen molar-refractivity contribution in [2.24, 2.45) is 0 Å². The molecule has 1 atom stereocenters. The van der Waals surface area contributed by atoms with E-state index in [1.54, 1.807) is 0 Å². The maximum Gasteiger partial charge on any atom is 0.275 e. The Labute approximate surface area is 118 Å². The molecule has 5 heteroatoms. The first-order valence-electron chi connectivity index (χ1n) is 7.26. The van der Waals surface area contributed by atoms with Crippen molar-refractivity contribution in [3.05, 3.63) is 30.0 Å². The van der Waals surface area contributed by atoms with E-state index in [4.69, 9.17) is 0 Å². The Morgan fingerprint density at radius 3 is 3.05 bits per heavy atom. The number of hydrogen-bond donors (Lipinski definition) is 2. The molecule has 1 aromatic carbocycles. The van der Waals surface area contributed by atoms with Crippen molar-refractivity contribution >= 4 is 16.8 Å². The number of aromatic amines is 1. The molecule has 0 aliphatic carbocycles. The third-order valence-corrected chi connectivity index (χ3v) is 3.87. The molecule has 20 heavy (non-hydrogen) atoms. The summed E-state index contributed by atoms with van der Waals surface area (Å²) in [5, 5.41) is 11.4. The Kier molecular flexibility index (Phi) is 3.69. The van der Waals surface area contributed by atoms with E-state index in [0.717, 1.165) is 43.4 Å². The fraction of sp³-hybridized carbons (Fsp3) is 0.467. The fourth-order valence-corrected chi connectivity index (χ4v) is 2.86. The minimum Gasteiger partial charge on any atom is -0.333 e. The van der Waals surface area contributed by atoms with Gasteiger partial charge < -0.3 is 10.2 Å². The first kappa shape index (κ1) is 13.1. The van der Waals surface area contributed by atoms with E-state index in [1.807, 2.05) is 29.2 Å². The maximum absolute atomic E-state index is 12.8. The van der Waals surface area contributed by atoms with E-state index < -0.39 is 0 Å². The second-order valence-corrected chi connectivity index (χ2v) is 5.26. The predicted molar refractivity (Wildman–Crippen MR) is 78.7 cm³/mol. The van der Waals surface area contributed by atoms with Gasteiger partial charge in [0, 0.05) is 24.5 Å². The molecule has 0 saturated carbocycles. The summed E-state index contributed by atoms with van der Waals surface area (Å²) >= 11 is 0. The normalized spacial score (nSPS) is 18.6. The summed E-state index contributed by atoms with van der Waals surface area (Å²) in [5.41, 5.74) is 1.46. The van der Waals surface area contributed by atoms with Crippen LogP contribution in [0.5, 0.6) is 0 Å². The van der Waals surface area contributed by atoms with Gasteiger partial charge >= 0.3 is 0 Å². The highest BCUT2D eigenvalue weighted by molar-refractivity contribution is 6.04. The molecule has 1 aromatic heterocycles. The number of aromatic nitrogens is 2. The number of nitrogens with zero attached hydrogens (tertiary/aromatic N) is 2. The van der Waals surface area contributed by atoms with Crippen molar-refractivity contribution in [3.63, 3.8) is 0 Å². The second-order valence-electron chi connectivity index (χ2n) is 5.26.